The van der Waals surface area contributed by atoms with Crippen LogP contribution in [0.1, 0.15) is 19.8 Å². The van der Waals surface area contributed by atoms with E-state index in [-0.39, 0.29) is 36.9 Å². The molecule has 0 atom stereocenters. The summed E-state index contributed by atoms with van der Waals surface area (Å²) in [5.74, 6) is 0.0343. The lowest BCUT2D eigenvalue weighted by atomic mass is 9.89. The topological polar surface area (TPSA) is 81.4 Å². The number of ether oxygens (including phenoxy) is 1. The normalized spacial score (nSPS) is 25.5. The maximum atomic E-state index is 11.4. The summed E-state index contributed by atoms with van der Waals surface area (Å²) in [6.07, 6.45) is 1.49. The average molecular weight is 259 g/mol. The Morgan fingerprint density at radius 1 is 1.47 bits per heavy atom. The maximum absolute atomic E-state index is 11.4. The van der Waals surface area contributed by atoms with Crippen LogP contribution in [0, 0.1) is 0 Å². The highest BCUT2D eigenvalue weighted by molar-refractivity contribution is 7.89. The van der Waals surface area contributed by atoms with Gasteiger partial charge in [0.25, 0.3) is 0 Å². The van der Waals surface area contributed by atoms with Gasteiger partial charge in [-0.3, -0.25) is 0 Å². The zero-order valence-electron chi connectivity index (χ0n) is 8.81. The van der Waals surface area contributed by atoms with Gasteiger partial charge >= 0.3 is 0 Å². The Kier molecular flexibility index (Phi) is 6.70. The molecule has 15 heavy (non-hydrogen) atoms. The van der Waals surface area contributed by atoms with Crippen molar-refractivity contribution >= 4 is 22.4 Å². The van der Waals surface area contributed by atoms with Crippen molar-refractivity contribution in [2.75, 3.05) is 19.0 Å². The minimum atomic E-state index is -3.17. The highest BCUT2D eigenvalue weighted by atomic mass is 35.5. The molecule has 0 aromatic rings. The number of sulfonamides is 1. The summed E-state index contributed by atoms with van der Waals surface area (Å²) in [6, 6.07) is 0.200. The van der Waals surface area contributed by atoms with E-state index >= 15 is 0 Å². The van der Waals surface area contributed by atoms with Crippen molar-refractivity contribution < 1.29 is 13.2 Å². The Bertz CT molecular complexity index is 265. The van der Waals surface area contributed by atoms with Crippen LogP contribution in [0.15, 0.2) is 0 Å². The number of halogens is 1. The molecule has 1 aliphatic carbocycles. The molecule has 0 saturated heterocycles. The fourth-order valence-electron chi connectivity index (χ4n) is 1.38. The van der Waals surface area contributed by atoms with E-state index < -0.39 is 10.0 Å². The molecule has 0 bridgehead atoms. The fourth-order valence-corrected chi connectivity index (χ4v) is 2.54. The molecule has 1 saturated carbocycles. The van der Waals surface area contributed by atoms with Crippen molar-refractivity contribution in [3.63, 3.8) is 0 Å². The Morgan fingerprint density at radius 2 is 2.07 bits per heavy atom. The molecule has 0 aromatic heterocycles. The van der Waals surface area contributed by atoms with Crippen molar-refractivity contribution in [3.8, 4) is 0 Å². The van der Waals surface area contributed by atoms with Gasteiger partial charge in [-0.2, -0.15) is 0 Å². The van der Waals surface area contributed by atoms with Gasteiger partial charge in [0.2, 0.25) is 10.0 Å². The lowest BCUT2D eigenvalue weighted by Gasteiger charge is -2.32. The minimum absolute atomic E-state index is 0. The first-order chi connectivity index (χ1) is 6.53. The Labute approximate surface area is 97.2 Å². The summed E-state index contributed by atoms with van der Waals surface area (Å²) in [7, 11) is -3.17. The summed E-state index contributed by atoms with van der Waals surface area (Å²) < 4.78 is 30.3. The molecule has 0 spiro atoms. The van der Waals surface area contributed by atoms with E-state index in [1.54, 1.807) is 0 Å². The Morgan fingerprint density at radius 3 is 2.53 bits per heavy atom. The summed E-state index contributed by atoms with van der Waals surface area (Å²) in [5, 5.41) is 0. The van der Waals surface area contributed by atoms with Gasteiger partial charge in [-0.25, -0.2) is 13.1 Å². The summed E-state index contributed by atoms with van der Waals surface area (Å²) in [5.41, 5.74) is 5.55. The monoisotopic (exact) mass is 258 g/mol. The number of nitrogens with one attached hydrogen (secondary N) is 1. The van der Waals surface area contributed by atoms with E-state index in [0.29, 0.717) is 6.61 Å². The molecular formula is C8H19ClN2O3S. The third-order valence-electron chi connectivity index (χ3n) is 2.22. The molecule has 0 amide bonds. The molecule has 0 unspecified atom stereocenters. The van der Waals surface area contributed by atoms with Crippen LogP contribution < -0.4 is 10.5 Å². The molecule has 0 heterocycles. The van der Waals surface area contributed by atoms with Gasteiger partial charge in [-0.15, -0.1) is 12.4 Å². The minimum Gasteiger partial charge on any atom is -0.381 e. The SMILES string of the molecule is CCOCCS(=O)(=O)NC1CC(N)C1.Cl. The molecule has 1 rings (SSSR count). The standard InChI is InChI=1S/C8H18N2O3S.ClH/c1-2-13-3-4-14(11,12)10-8-5-7(9)6-8;/h7-8,10H,2-6,9H2,1H3;1H. The molecule has 0 aliphatic heterocycles. The van der Waals surface area contributed by atoms with Crippen LogP contribution in [0.4, 0.5) is 0 Å². The molecule has 5 nitrogen and oxygen atoms in total. The first-order valence-corrected chi connectivity index (χ1v) is 6.52. The van der Waals surface area contributed by atoms with Gasteiger partial charge < -0.3 is 10.5 Å². The predicted molar refractivity (Wildman–Crippen MR) is 61.7 cm³/mol. The van der Waals surface area contributed by atoms with Gasteiger partial charge in [0, 0.05) is 18.7 Å². The zero-order valence-corrected chi connectivity index (χ0v) is 10.4. The van der Waals surface area contributed by atoms with E-state index in [0.717, 1.165) is 12.8 Å². The van der Waals surface area contributed by atoms with Crippen LogP contribution in [0.3, 0.4) is 0 Å². The van der Waals surface area contributed by atoms with Gasteiger partial charge in [0.15, 0.2) is 0 Å². The van der Waals surface area contributed by atoms with Crippen molar-refractivity contribution in [1.29, 1.82) is 0 Å². The van der Waals surface area contributed by atoms with Crippen LogP contribution in [0.25, 0.3) is 0 Å². The number of hydrogen-bond acceptors (Lipinski definition) is 4. The highest BCUT2D eigenvalue weighted by Gasteiger charge is 2.29. The first kappa shape index (κ1) is 15.1. The van der Waals surface area contributed by atoms with Crippen molar-refractivity contribution in [2.24, 2.45) is 5.73 Å². The van der Waals surface area contributed by atoms with E-state index in [4.69, 9.17) is 10.5 Å². The highest BCUT2D eigenvalue weighted by Crippen LogP contribution is 2.18. The van der Waals surface area contributed by atoms with Crippen LogP contribution in [-0.4, -0.2) is 39.5 Å². The lowest BCUT2D eigenvalue weighted by Crippen LogP contribution is -2.50. The summed E-state index contributed by atoms with van der Waals surface area (Å²) in [4.78, 5) is 0. The second-order valence-electron chi connectivity index (χ2n) is 3.56. The lowest BCUT2D eigenvalue weighted by molar-refractivity contribution is 0.163. The average Bonchev–Trinajstić information content (AvgIpc) is 2.01. The zero-order chi connectivity index (χ0) is 10.6. The van der Waals surface area contributed by atoms with Gasteiger partial charge in [-0.05, 0) is 19.8 Å². The van der Waals surface area contributed by atoms with Gasteiger partial charge in [-0.1, -0.05) is 0 Å². The second kappa shape index (κ2) is 6.65. The molecule has 1 aliphatic rings. The largest absolute Gasteiger partial charge is 0.381 e. The molecule has 1 fully saturated rings. The van der Waals surface area contributed by atoms with E-state index in [9.17, 15) is 8.42 Å². The summed E-state index contributed by atoms with van der Waals surface area (Å²) in [6.45, 7) is 2.64. The van der Waals surface area contributed by atoms with Gasteiger partial charge in [0.1, 0.15) is 0 Å². The third kappa shape index (κ3) is 5.67. The maximum Gasteiger partial charge on any atom is 0.214 e. The van der Waals surface area contributed by atoms with Crippen LogP contribution in [0.5, 0.6) is 0 Å². The van der Waals surface area contributed by atoms with Gasteiger partial charge in [0.05, 0.1) is 12.4 Å². The summed E-state index contributed by atoms with van der Waals surface area (Å²) >= 11 is 0. The number of nitrogens with two attached hydrogens (primary N) is 1. The molecular weight excluding hydrogens is 240 g/mol. The molecule has 7 heteroatoms. The Balaban J connectivity index is 0.00000196. The molecule has 92 valence electrons. The van der Waals surface area contributed by atoms with E-state index in [1.807, 2.05) is 6.92 Å². The van der Waals surface area contributed by atoms with Crippen LogP contribution in [0.2, 0.25) is 0 Å². The van der Waals surface area contributed by atoms with Crippen LogP contribution >= 0.6 is 12.4 Å². The smallest absolute Gasteiger partial charge is 0.214 e. The van der Waals surface area contributed by atoms with Crippen LogP contribution in [-0.2, 0) is 14.8 Å². The quantitative estimate of drug-likeness (QED) is 0.650. The van der Waals surface area contributed by atoms with Crippen molar-refractivity contribution in [1.82, 2.24) is 4.72 Å². The fraction of sp³-hybridized carbons (Fsp3) is 1.00. The predicted octanol–water partition coefficient (Wildman–Crippen LogP) is -0.146. The number of hydrogen-bond donors (Lipinski definition) is 2. The molecule has 0 radical (unpaired) electrons. The molecule has 3 N–H and O–H groups in total. The van der Waals surface area contributed by atoms with E-state index in [2.05, 4.69) is 4.72 Å². The van der Waals surface area contributed by atoms with E-state index in [1.165, 1.54) is 0 Å². The van der Waals surface area contributed by atoms with Crippen molar-refractivity contribution in [3.05, 3.63) is 0 Å². The molecule has 0 aromatic carbocycles. The number of rotatable bonds is 6. The second-order valence-corrected chi connectivity index (χ2v) is 5.44. The Hall–Kier alpha value is 0.120. The van der Waals surface area contributed by atoms with Crippen molar-refractivity contribution in [2.45, 2.75) is 31.8 Å². The third-order valence-corrected chi connectivity index (χ3v) is 3.62. The first-order valence-electron chi connectivity index (χ1n) is 4.87.